The normalized spacial score (nSPS) is 10.3. The van der Waals surface area contributed by atoms with Crippen LogP contribution in [-0.2, 0) is 11.3 Å². The van der Waals surface area contributed by atoms with E-state index in [9.17, 15) is 9.59 Å². The predicted octanol–water partition coefficient (Wildman–Crippen LogP) is 2.71. The minimum Gasteiger partial charge on any atom is -0.340 e. The summed E-state index contributed by atoms with van der Waals surface area (Å²) in [7, 11) is 0. The van der Waals surface area contributed by atoms with Gasteiger partial charge in [0.25, 0.3) is 0 Å². The average Bonchev–Trinajstić information content (AvgIpc) is 2.36. The third kappa shape index (κ3) is 3.47. The summed E-state index contributed by atoms with van der Waals surface area (Å²) in [5, 5.41) is 2.88. The Morgan fingerprint density at radius 3 is 2.40 bits per heavy atom. The SMILES string of the molecule is Cc1cc(=O)cc(C)n1CC(=O)Nc1ccccc1I. The van der Waals surface area contributed by atoms with E-state index in [1.54, 1.807) is 0 Å². The topological polar surface area (TPSA) is 51.1 Å². The van der Waals surface area contributed by atoms with Crippen LogP contribution in [0.25, 0.3) is 0 Å². The Labute approximate surface area is 131 Å². The number of halogens is 1. The van der Waals surface area contributed by atoms with Gasteiger partial charge in [0.15, 0.2) is 5.43 Å². The van der Waals surface area contributed by atoms with Gasteiger partial charge >= 0.3 is 0 Å². The van der Waals surface area contributed by atoms with Gasteiger partial charge in [-0.2, -0.15) is 0 Å². The number of aromatic nitrogens is 1. The smallest absolute Gasteiger partial charge is 0.244 e. The number of hydrogen-bond acceptors (Lipinski definition) is 2. The quantitative estimate of drug-likeness (QED) is 0.831. The fourth-order valence-electron chi connectivity index (χ4n) is 2.03. The fraction of sp³-hybridized carbons (Fsp3) is 0.200. The Kier molecular flexibility index (Phi) is 4.59. The second-order valence-corrected chi connectivity index (χ2v) is 5.75. The molecule has 0 aliphatic rings. The molecule has 1 aromatic carbocycles. The maximum absolute atomic E-state index is 12.1. The maximum Gasteiger partial charge on any atom is 0.244 e. The number of rotatable bonds is 3. The van der Waals surface area contributed by atoms with Gasteiger partial charge in [0, 0.05) is 27.1 Å². The summed E-state index contributed by atoms with van der Waals surface area (Å²) in [5.74, 6) is -0.107. The van der Waals surface area contributed by atoms with Crippen LogP contribution < -0.4 is 10.7 Å². The Bertz CT molecular complexity index is 681. The van der Waals surface area contributed by atoms with E-state index in [0.717, 1.165) is 20.6 Å². The van der Waals surface area contributed by atoms with Crippen LogP contribution in [0.15, 0.2) is 41.2 Å². The zero-order valence-corrected chi connectivity index (χ0v) is 13.5. The standard InChI is InChI=1S/C15H15IN2O2/c1-10-7-12(19)8-11(2)18(10)9-15(20)17-14-6-4-3-5-13(14)16/h3-8H,9H2,1-2H3,(H,17,20). The third-order valence-corrected chi connectivity index (χ3v) is 3.94. The molecule has 5 heteroatoms. The Morgan fingerprint density at radius 1 is 1.20 bits per heavy atom. The number of aryl methyl sites for hydroxylation is 2. The van der Waals surface area contributed by atoms with E-state index in [1.807, 2.05) is 42.7 Å². The molecule has 104 valence electrons. The Morgan fingerprint density at radius 2 is 1.80 bits per heavy atom. The number of amides is 1. The zero-order chi connectivity index (χ0) is 14.7. The minimum atomic E-state index is -0.107. The molecule has 0 spiro atoms. The summed E-state index contributed by atoms with van der Waals surface area (Å²) in [4.78, 5) is 23.5. The Balaban J connectivity index is 2.17. The second-order valence-electron chi connectivity index (χ2n) is 4.59. The Hall–Kier alpha value is -1.63. The van der Waals surface area contributed by atoms with Crippen molar-refractivity contribution < 1.29 is 4.79 Å². The number of hydrogen-bond donors (Lipinski definition) is 1. The molecule has 0 unspecified atom stereocenters. The first-order chi connectivity index (χ1) is 9.47. The lowest BCUT2D eigenvalue weighted by atomic mass is 10.3. The number of pyridine rings is 1. The van der Waals surface area contributed by atoms with Crippen LogP contribution in [0.5, 0.6) is 0 Å². The van der Waals surface area contributed by atoms with Crippen molar-refractivity contribution in [2.45, 2.75) is 20.4 Å². The summed E-state index contributed by atoms with van der Waals surface area (Å²) >= 11 is 2.18. The highest BCUT2D eigenvalue weighted by atomic mass is 127. The molecule has 0 aliphatic heterocycles. The number of anilines is 1. The molecule has 1 N–H and O–H groups in total. The highest BCUT2D eigenvalue weighted by Gasteiger charge is 2.08. The molecule has 20 heavy (non-hydrogen) atoms. The van der Waals surface area contributed by atoms with Gasteiger partial charge in [-0.15, -0.1) is 0 Å². The summed E-state index contributed by atoms with van der Waals surface area (Å²) in [6.45, 7) is 3.85. The van der Waals surface area contributed by atoms with E-state index < -0.39 is 0 Å². The van der Waals surface area contributed by atoms with Crippen molar-refractivity contribution in [3.63, 3.8) is 0 Å². The number of carbonyl (C=O) groups excluding carboxylic acids is 1. The predicted molar refractivity (Wildman–Crippen MR) is 88.0 cm³/mol. The van der Waals surface area contributed by atoms with Crippen LogP contribution in [0.4, 0.5) is 5.69 Å². The molecule has 1 aromatic heterocycles. The third-order valence-electron chi connectivity index (χ3n) is 3.00. The van der Waals surface area contributed by atoms with Crippen LogP contribution in [0, 0.1) is 17.4 Å². The van der Waals surface area contributed by atoms with Gasteiger partial charge in [0.05, 0.1) is 5.69 Å². The molecule has 0 fully saturated rings. The molecule has 0 aliphatic carbocycles. The van der Waals surface area contributed by atoms with Crippen molar-refractivity contribution in [3.8, 4) is 0 Å². The lowest BCUT2D eigenvalue weighted by molar-refractivity contribution is -0.116. The molecule has 0 atom stereocenters. The van der Waals surface area contributed by atoms with Gasteiger partial charge in [-0.25, -0.2) is 0 Å². The van der Waals surface area contributed by atoms with E-state index in [1.165, 1.54) is 12.1 Å². The molecule has 2 rings (SSSR count). The highest BCUT2D eigenvalue weighted by molar-refractivity contribution is 14.1. The molecule has 4 nitrogen and oxygen atoms in total. The number of para-hydroxylation sites is 1. The molecular weight excluding hydrogens is 367 g/mol. The van der Waals surface area contributed by atoms with Gasteiger partial charge in [0.1, 0.15) is 6.54 Å². The lowest BCUT2D eigenvalue weighted by Gasteiger charge is -2.14. The van der Waals surface area contributed by atoms with Crippen LogP contribution in [0.3, 0.4) is 0 Å². The van der Waals surface area contributed by atoms with E-state index in [-0.39, 0.29) is 17.9 Å². The summed E-state index contributed by atoms with van der Waals surface area (Å²) in [6.07, 6.45) is 0. The van der Waals surface area contributed by atoms with Crippen molar-refractivity contribution in [2.24, 2.45) is 0 Å². The minimum absolute atomic E-state index is 0.0331. The molecule has 1 heterocycles. The second kappa shape index (κ2) is 6.21. The molecule has 1 amide bonds. The molecule has 0 bridgehead atoms. The summed E-state index contributed by atoms with van der Waals surface area (Å²) < 4.78 is 2.82. The number of benzene rings is 1. The van der Waals surface area contributed by atoms with Crippen LogP contribution in [-0.4, -0.2) is 10.5 Å². The molecular formula is C15H15IN2O2. The van der Waals surface area contributed by atoms with Crippen LogP contribution in [0.2, 0.25) is 0 Å². The van der Waals surface area contributed by atoms with Gasteiger partial charge in [-0.1, -0.05) is 12.1 Å². The van der Waals surface area contributed by atoms with Gasteiger partial charge < -0.3 is 9.88 Å². The first kappa shape index (κ1) is 14.8. The van der Waals surface area contributed by atoms with Gasteiger partial charge in [0.2, 0.25) is 5.91 Å². The van der Waals surface area contributed by atoms with Gasteiger partial charge in [-0.05, 0) is 48.6 Å². The number of nitrogens with zero attached hydrogens (tertiary/aromatic N) is 1. The fourth-order valence-corrected chi connectivity index (χ4v) is 2.55. The summed E-state index contributed by atoms with van der Waals surface area (Å²) in [5.41, 5.74) is 2.34. The van der Waals surface area contributed by atoms with Crippen molar-refractivity contribution in [2.75, 3.05) is 5.32 Å². The monoisotopic (exact) mass is 382 g/mol. The van der Waals surface area contributed by atoms with Crippen molar-refractivity contribution in [1.82, 2.24) is 4.57 Å². The maximum atomic E-state index is 12.1. The zero-order valence-electron chi connectivity index (χ0n) is 11.3. The van der Waals surface area contributed by atoms with E-state index in [0.29, 0.717) is 0 Å². The highest BCUT2D eigenvalue weighted by Crippen LogP contribution is 2.17. The summed E-state index contributed by atoms with van der Waals surface area (Å²) in [6, 6.07) is 10.7. The van der Waals surface area contributed by atoms with Crippen molar-refractivity contribution in [3.05, 3.63) is 61.6 Å². The lowest BCUT2D eigenvalue weighted by Crippen LogP contribution is -2.23. The average molecular weight is 382 g/mol. The molecule has 2 aromatic rings. The number of carbonyl (C=O) groups is 1. The van der Waals surface area contributed by atoms with E-state index >= 15 is 0 Å². The number of nitrogens with one attached hydrogen (secondary N) is 1. The first-order valence-corrected chi connectivity index (χ1v) is 7.28. The van der Waals surface area contributed by atoms with Crippen molar-refractivity contribution >= 4 is 34.2 Å². The van der Waals surface area contributed by atoms with Crippen molar-refractivity contribution in [1.29, 1.82) is 0 Å². The van der Waals surface area contributed by atoms with Gasteiger partial charge in [-0.3, -0.25) is 9.59 Å². The van der Waals surface area contributed by atoms with Crippen LogP contribution in [0.1, 0.15) is 11.4 Å². The molecule has 0 radical (unpaired) electrons. The molecule has 0 saturated carbocycles. The van der Waals surface area contributed by atoms with Crippen LogP contribution >= 0.6 is 22.6 Å². The van der Waals surface area contributed by atoms with E-state index in [2.05, 4.69) is 27.9 Å². The first-order valence-electron chi connectivity index (χ1n) is 6.20. The largest absolute Gasteiger partial charge is 0.340 e. The molecule has 0 saturated heterocycles. The van der Waals surface area contributed by atoms with E-state index in [4.69, 9.17) is 0 Å².